The summed E-state index contributed by atoms with van der Waals surface area (Å²) in [6, 6.07) is 4.33. The summed E-state index contributed by atoms with van der Waals surface area (Å²) in [5, 5.41) is 0.570. The number of rotatable bonds is 5. The number of hydrogen-bond acceptors (Lipinski definition) is 9. The summed E-state index contributed by atoms with van der Waals surface area (Å²) in [6.07, 6.45) is -2.50. The van der Waals surface area contributed by atoms with Crippen molar-refractivity contribution in [2.75, 3.05) is 44.4 Å². The van der Waals surface area contributed by atoms with Crippen molar-refractivity contribution in [2.45, 2.75) is 83.8 Å². The summed E-state index contributed by atoms with van der Waals surface area (Å²) in [5.74, 6) is 0.452. The number of pyridine rings is 1. The van der Waals surface area contributed by atoms with Gasteiger partial charge in [0.1, 0.15) is 23.3 Å². The van der Waals surface area contributed by atoms with E-state index in [4.69, 9.17) is 36.8 Å². The molecule has 2 fully saturated rings. The fourth-order valence-electron chi connectivity index (χ4n) is 6.35. The van der Waals surface area contributed by atoms with Crippen LogP contribution in [0.5, 0.6) is 6.01 Å². The Bertz CT molecular complexity index is 1630. The predicted molar refractivity (Wildman–Crippen MR) is 172 cm³/mol. The fourth-order valence-corrected chi connectivity index (χ4v) is 6.60. The lowest BCUT2D eigenvalue weighted by Gasteiger charge is -2.41. The molecule has 3 aromatic rings. The summed E-state index contributed by atoms with van der Waals surface area (Å²) in [7, 11) is 4.00. The lowest BCUT2D eigenvalue weighted by molar-refractivity contribution is -0.137. The van der Waals surface area contributed by atoms with Crippen molar-refractivity contribution in [1.29, 1.82) is 0 Å². The van der Waals surface area contributed by atoms with Crippen LogP contribution in [0.2, 0.25) is 5.02 Å². The zero-order valence-corrected chi connectivity index (χ0v) is 28.0. The predicted octanol–water partition coefficient (Wildman–Crippen LogP) is 6.56. The average molecular weight is 664 g/mol. The first kappa shape index (κ1) is 33.8. The number of aromatic nitrogens is 3. The zero-order chi connectivity index (χ0) is 33.7. The molecule has 1 saturated carbocycles. The molecule has 5 rings (SSSR count). The average Bonchev–Trinajstić information content (AvgIpc) is 3.39. The first-order valence-corrected chi connectivity index (χ1v) is 15.7. The molecule has 250 valence electrons. The number of fused-ring (bicyclic) bond motifs is 1. The van der Waals surface area contributed by atoms with Crippen molar-refractivity contribution in [3.63, 3.8) is 0 Å². The summed E-state index contributed by atoms with van der Waals surface area (Å²) in [5.41, 5.74) is 4.32. The van der Waals surface area contributed by atoms with Crippen LogP contribution in [0, 0.1) is 6.92 Å². The molecule has 2 aliphatic rings. The summed E-state index contributed by atoms with van der Waals surface area (Å²) in [4.78, 5) is 32.3. The maximum Gasteiger partial charge on any atom is 0.418 e. The Labute approximate surface area is 272 Å². The zero-order valence-electron chi connectivity index (χ0n) is 27.2. The first-order valence-electron chi connectivity index (χ1n) is 15.4. The number of aryl methyl sites for hydroxylation is 1. The molecule has 1 aromatic carbocycles. The number of halogens is 4. The van der Waals surface area contributed by atoms with E-state index >= 15 is 0 Å². The Kier molecular flexibility index (Phi) is 9.22. The van der Waals surface area contributed by atoms with Gasteiger partial charge in [0, 0.05) is 42.7 Å². The highest BCUT2D eigenvalue weighted by atomic mass is 35.5. The molecule has 0 bridgehead atoms. The van der Waals surface area contributed by atoms with Gasteiger partial charge in [-0.05, 0) is 91.7 Å². The van der Waals surface area contributed by atoms with Crippen molar-refractivity contribution in [3.05, 3.63) is 34.3 Å². The Morgan fingerprint density at radius 3 is 2.43 bits per heavy atom. The van der Waals surface area contributed by atoms with Crippen LogP contribution >= 0.6 is 11.6 Å². The van der Waals surface area contributed by atoms with Gasteiger partial charge in [0.05, 0.1) is 21.8 Å². The molecule has 2 N–H and O–H groups in total. The number of anilines is 2. The molecule has 0 spiro atoms. The standard InChI is InChI=1S/C32H41ClF3N7O3/c1-17-13-25(37)39-27(26(17)32(34,35)36)19-15-22-20(14-21(19)33)28(40-29(38-22)45-24-10-8-9-23(24)41(6)7)43-12-11-42(16-18(43)2)30(44)46-31(3,4)5/h13-15,18,23-24H,8-12,16H2,1-7H3,(H2,37,39)/t18-,23?,24?/m0/s1. The molecule has 46 heavy (non-hydrogen) atoms. The lowest BCUT2D eigenvalue weighted by atomic mass is 9.99. The Hall–Kier alpha value is -3.58. The number of nitrogens with zero attached hydrogens (tertiary/aromatic N) is 6. The second kappa shape index (κ2) is 12.6. The number of carbonyl (C=O) groups is 1. The van der Waals surface area contributed by atoms with Gasteiger partial charge in [0.15, 0.2) is 0 Å². The van der Waals surface area contributed by atoms with Gasteiger partial charge in [-0.25, -0.2) is 9.78 Å². The highest BCUT2D eigenvalue weighted by Gasteiger charge is 2.38. The van der Waals surface area contributed by atoms with E-state index in [1.807, 2.05) is 46.7 Å². The number of likely N-dealkylation sites (N-methyl/N-ethyl adjacent to an activating group) is 1. The van der Waals surface area contributed by atoms with Gasteiger partial charge in [0.2, 0.25) is 0 Å². The molecule has 14 heteroatoms. The Morgan fingerprint density at radius 1 is 1.09 bits per heavy atom. The number of benzene rings is 1. The SMILES string of the molecule is Cc1cc(N)nc(-c2cc3nc(OC4CCCC4N(C)C)nc(N4CCN(C(=O)OC(C)(C)C)C[C@@H]4C)c3cc2Cl)c1C(F)(F)F. The van der Waals surface area contributed by atoms with Crippen LogP contribution in [0.3, 0.4) is 0 Å². The van der Waals surface area contributed by atoms with Gasteiger partial charge in [-0.2, -0.15) is 23.1 Å². The van der Waals surface area contributed by atoms with E-state index in [0.717, 1.165) is 19.3 Å². The van der Waals surface area contributed by atoms with Crippen molar-refractivity contribution in [1.82, 2.24) is 24.8 Å². The highest BCUT2D eigenvalue weighted by molar-refractivity contribution is 6.34. The van der Waals surface area contributed by atoms with Crippen molar-refractivity contribution >= 4 is 40.2 Å². The molecule has 1 aliphatic heterocycles. The number of piperazine rings is 1. The molecule has 0 radical (unpaired) electrons. The van der Waals surface area contributed by atoms with E-state index in [1.165, 1.54) is 19.1 Å². The minimum Gasteiger partial charge on any atom is -0.458 e. The van der Waals surface area contributed by atoms with Crippen LogP contribution < -0.4 is 15.4 Å². The van der Waals surface area contributed by atoms with Gasteiger partial charge in [-0.15, -0.1) is 0 Å². The molecule has 1 amide bonds. The smallest absolute Gasteiger partial charge is 0.418 e. The minimum atomic E-state index is -4.70. The third-order valence-electron chi connectivity index (χ3n) is 8.41. The summed E-state index contributed by atoms with van der Waals surface area (Å²) in [6.45, 7) is 9.93. The lowest BCUT2D eigenvalue weighted by Crippen LogP contribution is -2.55. The summed E-state index contributed by atoms with van der Waals surface area (Å²) < 4.78 is 54.8. The number of hydrogen-bond donors (Lipinski definition) is 1. The second-order valence-corrected chi connectivity index (χ2v) is 13.8. The van der Waals surface area contributed by atoms with E-state index < -0.39 is 23.4 Å². The molecule has 2 aromatic heterocycles. The highest BCUT2D eigenvalue weighted by Crippen LogP contribution is 2.43. The Balaban J connectivity index is 1.62. The number of nitrogens with two attached hydrogens (primary N) is 1. The van der Waals surface area contributed by atoms with Gasteiger partial charge in [0.25, 0.3) is 0 Å². The van der Waals surface area contributed by atoms with E-state index in [9.17, 15) is 18.0 Å². The quantitative estimate of drug-likeness (QED) is 0.324. The third kappa shape index (κ3) is 7.05. The minimum absolute atomic E-state index is 0.0394. The maximum atomic E-state index is 14.3. The number of nitrogen functional groups attached to an aromatic ring is 1. The van der Waals surface area contributed by atoms with Crippen LogP contribution in [0.1, 0.15) is 58.1 Å². The van der Waals surface area contributed by atoms with Crippen LogP contribution in [0.15, 0.2) is 18.2 Å². The fraction of sp³-hybridized carbons (Fsp3) is 0.562. The summed E-state index contributed by atoms with van der Waals surface area (Å²) >= 11 is 6.74. The van der Waals surface area contributed by atoms with Crippen molar-refractivity contribution in [2.24, 2.45) is 0 Å². The number of ether oxygens (including phenoxy) is 2. The number of amides is 1. The maximum absolute atomic E-state index is 14.3. The van der Waals surface area contributed by atoms with Gasteiger partial charge in [-0.3, -0.25) is 0 Å². The normalized spacial score (nSPS) is 20.9. The van der Waals surface area contributed by atoms with Crippen LogP contribution in [-0.4, -0.2) is 88.4 Å². The van der Waals surface area contributed by atoms with Crippen LogP contribution in [0.4, 0.5) is 29.6 Å². The van der Waals surface area contributed by atoms with Gasteiger partial charge < -0.3 is 29.9 Å². The van der Waals surface area contributed by atoms with E-state index in [2.05, 4.69) is 9.88 Å². The van der Waals surface area contributed by atoms with Crippen LogP contribution in [0.25, 0.3) is 22.2 Å². The number of carbonyl (C=O) groups excluding carboxylic acids is 1. The Morgan fingerprint density at radius 2 is 1.80 bits per heavy atom. The van der Waals surface area contributed by atoms with E-state index in [-0.39, 0.29) is 51.9 Å². The third-order valence-corrected chi connectivity index (χ3v) is 8.72. The second-order valence-electron chi connectivity index (χ2n) is 13.4. The molecule has 10 nitrogen and oxygen atoms in total. The first-order chi connectivity index (χ1) is 21.4. The van der Waals surface area contributed by atoms with Gasteiger partial charge >= 0.3 is 18.3 Å². The monoisotopic (exact) mass is 663 g/mol. The largest absolute Gasteiger partial charge is 0.458 e. The molecule has 1 saturated heterocycles. The topological polar surface area (TPSA) is 110 Å². The van der Waals surface area contributed by atoms with E-state index in [0.29, 0.717) is 36.4 Å². The van der Waals surface area contributed by atoms with Crippen molar-refractivity contribution < 1.29 is 27.4 Å². The van der Waals surface area contributed by atoms with Crippen molar-refractivity contribution in [3.8, 4) is 17.3 Å². The molecule has 2 unspecified atom stereocenters. The number of alkyl halides is 3. The molecular weight excluding hydrogens is 623 g/mol. The molecule has 3 heterocycles. The molecule has 3 atom stereocenters. The van der Waals surface area contributed by atoms with Crippen LogP contribution in [-0.2, 0) is 10.9 Å². The van der Waals surface area contributed by atoms with Gasteiger partial charge in [-0.1, -0.05) is 11.6 Å². The van der Waals surface area contributed by atoms with E-state index in [1.54, 1.807) is 11.0 Å². The molecular formula is C32H41ClF3N7O3. The molecule has 1 aliphatic carbocycles.